The second kappa shape index (κ2) is 6.35. The average molecular weight is 187 g/mol. The number of aliphatic hydroxyl groups is 2. The molecule has 0 heterocycles. The third kappa shape index (κ3) is 4.60. The van der Waals surface area contributed by atoms with Crippen LogP contribution in [0.15, 0.2) is 0 Å². The molecule has 0 radical (unpaired) electrons. The van der Waals surface area contributed by atoms with Crippen LogP contribution in [0.1, 0.15) is 32.1 Å². The van der Waals surface area contributed by atoms with Gasteiger partial charge in [0.15, 0.2) is 0 Å². The van der Waals surface area contributed by atoms with Gasteiger partial charge >= 0.3 is 0 Å². The van der Waals surface area contributed by atoms with Crippen LogP contribution in [0, 0.1) is 0 Å². The van der Waals surface area contributed by atoms with Crippen LogP contribution in [-0.4, -0.2) is 47.5 Å². The Morgan fingerprint density at radius 1 is 0.923 bits per heavy atom. The zero-order chi connectivity index (χ0) is 9.52. The largest absolute Gasteiger partial charge is 0.396 e. The molecule has 0 atom stereocenters. The van der Waals surface area contributed by atoms with Crippen LogP contribution >= 0.6 is 0 Å². The molecule has 0 saturated heterocycles. The van der Waals surface area contributed by atoms with Crippen LogP contribution in [0.25, 0.3) is 0 Å². The summed E-state index contributed by atoms with van der Waals surface area (Å²) in [5.74, 6) is 0. The van der Waals surface area contributed by atoms with E-state index in [0.29, 0.717) is 6.61 Å². The van der Waals surface area contributed by atoms with Crippen molar-refractivity contribution in [2.75, 3.05) is 26.3 Å². The van der Waals surface area contributed by atoms with E-state index in [4.69, 9.17) is 10.2 Å². The highest BCUT2D eigenvalue weighted by atomic mass is 16.3. The summed E-state index contributed by atoms with van der Waals surface area (Å²) in [5.41, 5.74) is 0. The molecular formula is C10H21NO2. The summed E-state index contributed by atoms with van der Waals surface area (Å²) >= 11 is 0. The van der Waals surface area contributed by atoms with E-state index in [0.717, 1.165) is 38.4 Å². The summed E-state index contributed by atoms with van der Waals surface area (Å²) < 4.78 is 0. The van der Waals surface area contributed by atoms with Crippen molar-refractivity contribution in [3.8, 4) is 0 Å². The summed E-state index contributed by atoms with van der Waals surface area (Å²) in [4.78, 5) is 2.37. The van der Waals surface area contributed by atoms with Gasteiger partial charge in [-0.3, -0.25) is 4.90 Å². The molecule has 0 aromatic rings. The van der Waals surface area contributed by atoms with Gasteiger partial charge in [0, 0.05) is 19.2 Å². The van der Waals surface area contributed by atoms with Crippen molar-refractivity contribution in [3.63, 3.8) is 0 Å². The first-order chi connectivity index (χ1) is 6.38. The van der Waals surface area contributed by atoms with E-state index in [1.807, 2.05) is 0 Å². The van der Waals surface area contributed by atoms with E-state index in [1.165, 1.54) is 12.8 Å². The standard InChI is InChI=1S/C10H21NO2/c12-8-3-1-2-6-11(7-9-13)10-4-5-10/h10,12-13H,1-9H2. The van der Waals surface area contributed by atoms with Gasteiger partial charge in [-0.05, 0) is 38.6 Å². The Bertz CT molecular complexity index is 126. The van der Waals surface area contributed by atoms with Gasteiger partial charge in [-0.15, -0.1) is 0 Å². The Labute approximate surface area is 80.4 Å². The maximum atomic E-state index is 8.83. The van der Waals surface area contributed by atoms with Crippen LogP contribution in [0.4, 0.5) is 0 Å². The second-order valence-electron chi connectivity index (χ2n) is 3.78. The smallest absolute Gasteiger partial charge is 0.0558 e. The van der Waals surface area contributed by atoms with Crippen LogP contribution in [0.3, 0.4) is 0 Å². The second-order valence-corrected chi connectivity index (χ2v) is 3.78. The highest BCUT2D eigenvalue weighted by Crippen LogP contribution is 2.26. The SMILES string of the molecule is OCCCCCN(CCO)C1CC1. The molecule has 3 heteroatoms. The minimum atomic E-state index is 0.274. The molecule has 1 saturated carbocycles. The number of nitrogens with zero attached hydrogens (tertiary/aromatic N) is 1. The molecule has 1 aliphatic rings. The summed E-state index contributed by atoms with van der Waals surface area (Å²) in [5, 5.41) is 17.4. The highest BCUT2D eigenvalue weighted by Gasteiger charge is 2.27. The number of aliphatic hydroxyl groups excluding tert-OH is 2. The number of hydrogen-bond acceptors (Lipinski definition) is 3. The van der Waals surface area contributed by atoms with Gasteiger partial charge in [0.25, 0.3) is 0 Å². The zero-order valence-electron chi connectivity index (χ0n) is 8.28. The molecule has 2 N–H and O–H groups in total. The summed E-state index contributed by atoms with van der Waals surface area (Å²) in [6, 6.07) is 0.751. The molecule has 78 valence electrons. The third-order valence-corrected chi connectivity index (χ3v) is 2.55. The van der Waals surface area contributed by atoms with Gasteiger partial charge < -0.3 is 10.2 Å². The Kier molecular flexibility index (Phi) is 5.35. The Morgan fingerprint density at radius 3 is 2.23 bits per heavy atom. The van der Waals surface area contributed by atoms with Crippen molar-refractivity contribution in [1.29, 1.82) is 0 Å². The molecular weight excluding hydrogens is 166 g/mol. The molecule has 0 aromatic carbocycles. The van der Waals surface area contributed by atoms with E-state index in [-0.39, 0.29) is 6.61 Å². The maximum Gasteiger partial charge on any atom is 0.0558 e. The van der Waals surface area contributed by atoms with Crippen molar-refractivity contribution in [2.45, 2.75) is 38.1 Å². The van der Waals surface area contributed by atoms with E-state index < -0.39 is 0 Å². The van der Waals surface area contributed by atoms with Crippen molar-refractivity contribution in [3.05, 3.63) is 0 Å². The fourth-order valence-electron chi connectivity index (χ4n) is 1.65. The first kappa shape index (κ1) is 11.0. The molecule has 3 nitrogen and oxygen atoms in total. The molecule has 0 amide bonds. The lowest BCUT2D eigenvalue weighted by atomic mass is 10.2. The lowest BCUT2D eigenvalue weighted by molar-refractivity contribution is 0.185. The minimum Gasteiger partial charge on any atom is -0.396 e. The third-order valence-electron chi connectivity index (χ3n) is 2.55. The van der Waals surface area contributed by atoms with Crippen molar-refractivity contribution in [2.24, 2.45) is 0 Å². The normalized spacial score (nSPS) is 16.8. The summed E-state index contributed by atoms with van der Waals surface area (Å²) in [7, 11) is 0. The van der Waals surface area contributed by atoms with Gasteiger partial charge in [-0.25, -0.2) is 0 Å². The van der Waals surface area contributed by atoms with Gasteiger partial charge in [0.2, 0.25) is 0 Å². The molecule has 0 aliphatic heterocycles. The Morgan fingerprint density at radius 2 is 1.69 bits per heavy atom. The predicted octanol–water partition coefficient (Wildman–Crippen LogP) is 0.606. The molecule has 1 fully saturated rings. The van der Waals surface area contributed by atoms with Crippen LogP contribution in [0.2, 0.25) is 0 Å². The van der Waals surface area contributed by atoms with E-state index in [2.05, 4.69) is 4.90 Å². The van der Waals surface area contributed by atoms with Crippen molar-refractivity contribution >= 4 is 0 Å². The molecule has 0 spiro atoms. The van der Waals surface area contributed by atoms with Gasteiger partial charge in [-0.1, -0.05) is 0 Å². The quantitative estimate of drug-likeness (QED) is 0.547. The molecule has 1 aliphatic carbocycles. The molecule has 0 unspecified atom stereocenters. The molecule has 13 heavy (non-hydrogen) atoms. The first-order valence-corrected chi connectivity index (χ1v) is 5.34. The van der Waals surface area contributed by atoms with E-state index in [1.54, 1.807) is 0 Å². The summed E-state index contributed by atoms with van der Waals surface area (Å²) in [6.07, 6.45) is 5.78. The molecule has 1 rings (SSSR count). The summed E-state index contributed by atoms with van der Waals surface area (Å²) in [6.45, 7) is 2.49. The highest BCUT2D eigenvalue weighted by molar-refractivity contribution is 4.84. The monoisotopic (exact) mass is 187 g/mol. The number of hydrogen-bond donors (Lipinski definition) is 2. The fraction of sp³-hybridized carbons (Fsp3) is 1.00. The van der Waals surface area contributed by atoms with Gasteiger partial charge in [0.1, 0.15) is 0 Å². The van der Waals surface area contributed by atoms with Crippen LogP contribution in [-0.2, 0) is 0 Å². The van der Waals surface area contributed by atoms with E-state index >= 15 is 0 Å². The molecule has 0 aromatic heterocycles. The van der Waals surface area contributed by atoms with Crippen molar-refractivity contribution in [1.82, 2.24) is 4.90 Å². The minimum absolute atomic E-state index is 0.274. The van der Waals surface area contributed by atoms with E-state index in [9.17, 15) is 0 Å². The number of unbranched alkanes of at least 4 members (excludes halogenated alkanes) is 2. The number of rotatable bonds is 8. The Balaban J connectivity index is 2.00. The zero-order valence-corrected chi connectivity index (χ0v) is 8.28. The Hall–Kier alpha value is -0.120. The van der Waals surface area contributed by atoms with Crippen LogP contribution < -0.4 is 0 Å². The predicted molar refractivity (Wildman–Crippen MR) is 52.6 cm³/mol. The van der Waals surface area contributed by atoms with Gasteiger partial charge in [0.05, 0.1) is 6.61 Å². The fourth-order valence-corrected chi connectivity index (χ4v) is 1.65. The van der Waals surface area contributed by atoms with Crippen molar-refractivity contribution < 1.29 is 10.2 Å². The van der Waals surface area contributed by atoms with Crippen LogP contribution in [0.5, 0.6) is 0 Å². The topological polar surface area (TPSA) is 43.7 Å². The molecule has 0 bridgehead atoms. The first-order valence-electron chi connectivity index (χ1n) is 5.34. The lowest BCUT2D eigenvalue weighted by Gasteiger charge is -2.20. The van der Waals surface area contributed by atoms with Gasteiger partial charge in [-0.2, -0.15) is 0 Å². The lowest BCUT2D eigenvalue weighted by Crippen LogP contribution is -2.30. The average Bonchev–Trinajstić information content (AvgIpc) is 2.93. The maximum absolute atomic E-state index is 8.83.